The van der Waals surface area contributed by atoms with Gasteiger partial charge in [-0.1, -0.05) is 0 Å². The maximum atomic E-state index is 13.4. The highest BCUT2D eigenvalue weighted by molar-refractivity contribution is 5.34. The Morgan fingerprint density at radius 2 is 2.20 bits per heavy atom. The number of hydrogen-bond acceptors (Lipinski definition) is 3. The highest BCUT2D eigenvalue weighted by Crippen LogP contribution is 2.24. The van der Waals surface area contributed by atoms with Crippen LogP contribution in [0, 0.1) is 5.82 Å². The van der Waals surface area contributed by atoms with Crippen LogP contribution in [0.25, 0.3) is 0 Å². The molecule has 1 aromatic rings. The second kappa shape index (κ2) is 6.55. The van der Waals surface area contributed by atoms with Gasteiger partial charge in [0.2, 0.25) is 0 Å². The molecule has 0 radical (unpaired) electrons. The maximum absolute atomic E-state index is 13.4. The predicted octanol–water partition coefficient (Wildman–Crippen LogP) is 3.27. The third-order valence-corrected chi connectivity index (χ3v) is 3.24. The average molecular weight is 281 g/mol. The molecule has 112 valence electrons. The first-order valence-electron chi connectivity index (χ1n) is 7.22. The number of halogens is 1. The van der Waals surface area contributed by atoms with Gasteiger partial charge in [0.1, 0.15) is 17.7 Å². The van der Waals surface area contributed by atoms with Crippen molar-refractivity contribution in [2.45, 2.75) is 51.8 Å². The van der Waals surface area contributed by atoms with E-state index in [1.165, 1.54) is 12.1 Å². The van der Waals surface area contributed by atoms with Gasteiger partial charge in [0, 0.05) is 24.3 Å². The van der Waals surface area contributed by atoms with Crippen LogP contribution in [0.2, 0.25) is 0 Å². The summed E-state index contributed by atoms with van der Waals surface area (Å²) in [6, 6.07) is 4.70. The van der Waals surface area contributed by atoms with Gasteiger partial charge >= 0.3 is 0 Å². The lowest BCUT2D eigenvalue weighted by atomic mass is 10.1. The summed E-state index contributed by atoms with van der Waals surface area (Å²) in [6.07, 6.45) is 2.08. The number of benzene rings is 1. The quantitative estimate of drug-likeness (QED) is 0.919. The first kappa shape index (κ1) is 15.3. The van der Waals surface area contributed by atoms with E-state index in [0.29, 0.717) is 13.2 Å². The van der Waals surface area contributed by atoms with Gasteiger partial charge in [-0.2, -0.15) is 0 Å². The minimum atomic E-state index is -0.233. The molecule has 4 heteroatoms. The average Bonchev–Trinajstić information content (AvgIpc) is 2.39. The van der Waals surface area contributed by atoms with Crippen LogP contribution in [-0.4, -0.2) is 24.9 Å². The minimum Gasteiger partial charge on any atom is -0.488 e. The standard InChI is InChI=1S/C16H24FNO2/c1-16(2,3)18-10-12-9-13(17)6-7-15(12)20-14-5-4-8-19-11-14/h6-7,9,14,18H,4-5,8,10-11H2,1-3H3. The van der Waals surface area contributed by atoms with E-state index < -0.39 is 0 Å². The van der Waals surface area contributed by atoms with Gasteiger partial charge in [-0.05, 0) is 51.8 Å². The van der Waals surface area contributed by atoms with Crippen LogP contribution in [-0.2, 0) is 11.3 Å². The second-order valence-electron chi connectivity index (χ2n) is 6.31. The molecular formula is C16H24FNO2. The zero-order valence-corrected chi connectivity index (χ0v) is 12.5. The van der Waals surface area contributed by atoms with Gasteiger partial charge in [0.05, 0.1) is 6.61 Å². The Morgan fingerprint density at radius 1 is 1.40 bits per heavy atom. The molecule has 0 saturated carbocycles. The highest BCUT2D eigenvalue weighted by atomic mass is 19.1. The van der Waals surface area contributed by atoms with Gasteiger partial charge in [-0.25, -0.2) is 4.39 Å². The molecule has 1 aromatic carbocycles. The Bertz CT molecular complexity index is 437. The molecule has 0 amide bonds. The lowest BCUT2D eigenvalue weighted by Gasteiger charge is -2.26. The van der Waals surface area contributed by atoms with Crippen molar-refractivity contribution in [1.82, 2.24) is 5.32 Å². The lowest BCUT2D eigenvalue weighted by molar-refractivity contribution is 0.00694. The zero-order valence-electron chi connectivity index (χ0n) is 12.5. The first-order chi connectivity index (χ1) is 9.44. The fourth-order valence-electron chi connectivity index (χ4n) is 2.15. The topological polar surface area (TPSA) is 30.5 Å². The predicted molar refractivity (Wildman–Crippen MR) is 77.5 cm³/mol. The lowest BCUT2D eigenvalue weighted by Crippen LogP contribution is -2.35. The van der Waals surface area contributed by atoms with Crippen molar-refractivity contribution in [2.75, 3.05) is 13.2 Å². The van der Waals surface area contributed by atoms with E-state index in [4.69, 9.17) is 9.47 Å². The van der Waals surface area contributed by atoms with Gasteiger partial charge in [-0.15, -0.1) is 0 Å². The van der Waals surface area contributed by atoms with Gasteiger partial charge in [0.15, 0.2) is 0 Å². The van der Waals surface area contributed by atoms with E-state index in [0.717, 1.165) is 30.8 Å². The molecule has 1 heterocycles. The van der Waals surface area contributed by atoms with E-state index >= 15 is 0 Å². The summed E-state index contributed by atoms with van der Waals surface area (Å²) < 4.78 is 24.8. The van der Waals surface area contributed by atoms with Crippen molar-refractivity contribution in [2.24, 2.45) is 0 Å². The molecule has 1 aliphatic heterocycles. The molecule has 1 aliphatic rings. The number of ether oxygens (including phenoxy) is 2. The van der Waals surface area contributed by atoms with Crippen LogP contribution in [0.15, 0.2) is 18.2 Å². The van der Waals surface area contributed by atoms with E-state index in [2.05, 4.69) is 26.1 Å². The van der Waals surface area contributed by atoms with Gasteiger partial charge in [0.25, 0.3) is 0 Å². The van der Waals surface area contributed by atoms with Crippen molar-refractivity contribution in [3.63, 3.8) is 0 Å². The molecule has 1 fully saturated rings. The summed E-state index contributed by atoms with van der Waals surface area (Å²) in [4.78, 5) is 0. The summed E-state index contributed by atoms with van der Waals surface area (Å²) in [5.74, 6) is 0.515. The monoisotopic (exact) mass is 281 g/mol. The van der Waals surface area contributed by atoms with Crippen molar-refractivity contribution < 1.29 is 13.9 Å². The molecule has 2 rings (SSSR count). The summed E-state index contributed by atoms with van der Waals surface area (Å²) in [5.41, 5.74) is 0.836. The zero-order chi connectivity index (χ0) is 14.6. The van der Waals surface area contributed by atoms with Crippen molar-refractivity contribution in [3.8, 4) is 5.75 Å². The minimum absolute atomic E-state index is 0.0163. The number of hydrogen-bond donors (Lipinski definition) is 1. The summed E-state index contributed by atoms with van der Waals surface area (Å²) >= 11 is 0. The maximum Gasteiger partial charge on any atom is 0.124 e. The van der Waals surface area contributed by atoms with E-state index in [1.54, 1.807) is 6.07 Å². The van der Waals surface area contributed by atoms with Crippen molar-refractivity contribution >= 4 is 0 Å². The Morgan fingerprint density at radius 3 is 2.85 bits per heavy atom. The molecular weight excluding hydrogens is 257 g/mol. The molecule has 0 bridgehead atoms. The molecule has 0 aliphatic carbocycles. The molecule has 3 nitrogen and oxygen atoms in total. The summed E-state index contributed by atoms with van der Waals surface area (Å²) in [5, 5.41) is 3.37. The molecule has 1 atom stereocenters. The third kappa shape index (κ3) is 4.76. The SMILES string of the molecule is CC(C)(C)NCc1cc(F)ccc1OC1CCCOC1. The van der Waals surface area contributed by atoms with Crippen LogP contribution in [0.5, 0.6) is 5.75 Å². The van der Waals surface area contributed by atoms with Gasteiger partial charge < -0.3 is 14.8 Å². The third-order valence-electron chi connectivity index (χ3n) is 3.24. The summed E-state index contributed by atoms with van der Waals surface area (Å²) in [7, 11) is 0. The van der Waals surface area contributed by atoms with Crippen molar-refractivity contribution in [3.05, 3.63) is 29.6 Å². The number of rotatable bonds is 4. The molecule has 20 heavy (non-hydrogen) atoms. The smallest absolute Gasteiger partial charge is 0.124 e. The van der Waals surface area contributed by atoms with Crippen molar-refractivity contribution in [1.29, 1.82) is 0 Å². The Labute approximate surface area is 120 Å². The molecule has 0 spiro atoms. The van der Waals surface area contributed by atoms with E-state index in [1.807, 2.05) is 0 Å². The Balaban J connectivity index is 2.06. The Kier molecular flexibility index (Phi) is 5.00. The number of nitrogens with one attached hydrogen (secondary N) is 1. The fourth-order valence-corrected chi connectivity index (χ4v) is 2.15. The molecule has 1 N–H and O–H groups in total. The molecule has 0 aromatic heterocycles. The van der Waals surface area contributed by atoms with E-state index in [-0.39, 0.29) is 17.5 Å². The highest BCUT2D eigenvalue weighted by Gasteiger charge is 2.18. The molecule has 1 unspecified atom stereocenters. The molecule has 1 saturated heterocycles. The van der Waals surface area contributed by atoms with Crippen LogP contribution in [0.4, 0.5) is 4.39 Å². The van der Waals surface area contributed by atoms with Gasteiger partial charge in [-0.3, -0.25) is 0 Å². The van der Waals surface area contributed by atoms with Crippen LogP contribution in [0.1, 0.15) is 39.2 Å². The van der Waals surface area contributed by atoms with Crippen LogP contribution >= 0.6 is 0 Å². The summed E-state index contributed by atoms with van der Waals surface area (Å²) in [6.45, 7) is 8.26. The van der Waals surface area contributed by atoms with E-state index in [9.17, 15) is 4.39 Å². The normalized spacial score (nSPS) is 19.9. The van der Waals surface area contributed by atoms with Crippen LogP contribution in [0.3, 0.4) is 0 Å². The largest absolute Gasteiger partial charge is 0.488 e. The second-order valence-corrected chi connectivity index (χ2v) is 6.31. The van der Waals surface area contributed by atoms with Crippen LogP contribution < -0.4 is 10.1 Å². The fraction of sp³-hybridized carbons (Fsp3) is 0.625. The first-order valence-corrected chi connectivity index (χ1v) is 7.22. The Hall–Kier alpha value is -1.13.